The number of rotatable bonds is 4. The molecule has 1 saturated heterocycles. The molecule has 0 aromatic heterocycles. The molecule has 1 N–H and O–H groups in total. The first-order chi connectivity index (χ1) is 17.4. The molecular weight excluding hydrogens is 494 g/mol. The Hall–Kier alpha value is -3.76. The number of para-hydroxylation sites is 1. The first kappa shape index (κ1) is 26.3. The van der Waals surface area contributed by atoms with Gasteiger partial charge in [0.15, 0.2) is 23.2 Å². The Morgan fingerprint density at radius 1 is 1.11 bits per heavy atom. The van der Waals surface area contributed by atoms with Gasteiger partial charge in [-0.3, -0.25) is 4.79 Å². The highest BCUT2D eigenvalue weighted by Gasteiger charge is 2.36. The zero-order valence-electron chi connectivity index (χ0n) is 20.6. The Labute approximate surface area is 211 Å². The van der Waals surface area contributed by atoms with E-state index in [1.807, 2.05) is 0 Å². The van der Waals surface area contributed by atoms with Gasteiger partial charge in [0.2, 0.25) is 5.76 Å². The van der Waals surface area contributed by atoms with Crippen LogP contribution in [0.25, 0.3) is 0 Å². The van der Waals surface area contributed by atoms with E-state index >= 15 is 0 Å². The number of likely N-dealkylation sites (tertiary alicyclic amines) is 1. The number of anilines is 1. The third kappa shape index (κ3) is 5.98. The maximum absolute atomic E-state index is 14.9. The fourth-order valence-electron chi connectivity index (χ4n) is 4.06. The van der Waals surface area contributed by atoms with E-state index in [1.54, 1.807) is 20.8 Å². The highest BCUT2D eigenvalue weighted by Crippen LogP contribution is 2.37. The van der Waals surface area contributed by atoms with E-state index in [4.69, 9.17) is 9.47 Å². The lowest BCUT2D eigenvalue weighted by Crippen LogP contribution is -2.54. The van der Waals surface area contributed by atoms with Crippen LogP contribution >= 0.6 is 0 Å². The number of ether oxygens (including phenoxy) is 2. The van der Waals surface area contributed by atoms with Crippen molar-refractivity contribution in [2.45, 2.75) is 51.6 Å². The summed E-state index contributed by atoms with van der Waals surface area (Å²) in [5.41, 5.74) is -0.550. The van der Waals surface area contributed by atoms with Crippen LogP contribution in [0.3, 0.4) is 0 Å². The van der Waals surface area contributed by atoms with Crippen LogP contribution in [0, 0.1) is 17.5 Å². The van der Waals surface area contributed by atoms with E-state index in [2.05, 4.69) is 5.32 Å². The van der Waals surface area contributed by atoms with Crippen molar-refractivity contribution in [2.24, 2.45) is 0 Å². The number of amides is 2. The lowest BCUT2D eigenvalue weighted by molar-refractivity contribution is -0.121. The summed E-state index contributed by atoms with van der Waals surface area (Å²) < 4.78 is 68.3. The first-order valence-corrected chi connectivity index (χ1v) is 11.7. The summed E-state index contributed by atoms with van der Waals surface area (Å²) in [6, 6.07) is 6.79. The molecule has 0 radical (unpaired) electrons. The van der Waals surface area contributed by atoms with Gasteiger partial charge in [0.1, 0.15) is 11.8 Å². The second-order valence-electron chi connectivity index (χ2n) is 9.84. The van der Waals surface area contributed by atoms with Gasteiger partial charge >= 0.3 is 6.09 Å². The third-order valence-corrected chi connectivity index (χ3v) is 5.85. The summed E-state index contributed by atoms with van der Waals surface area (Å²) in [5.74, 6) is -4.33. The number of nitrogens with one attached hydrogen (secondary N) is 1. The fraction of sp³-hybridized carbons (Fsp3) is 0.385. The summed E-state index contributed by atoms with van der Waals surface area (Å²) >= 11 is 0. The predicted molar refractivity (Wildman–Crippen MR) is 127 cm³/mol. The average molecular weight is 522 g/mol. The summed E-state index contributed by atoms with van der Waals surface area (Å²) in [5, 5.41) is 2.53. The molecule has 198 valence electrons. The molecule has 2 atom stereocenters. The van der Waals surface area contributed by atoms with E-state index in [1.165, 1.54) is 40.3 Å². The number of nitrogens with zero attached hydrogens (tertiary/aromatic N) is 2. The number of fused-ring (bicyclic) bond motifs is 1. The highest BCUT2D eigenvalue weighted by molar-refractivity contribution is 5.93. The molecule has 0 spiro atoms. The van der Waals surface area contributed by atoms with E-state index in [9.17, 15) is 27.2 Å². The van der Waals surface area contributed by atoms with Crippen LogP contribution in [0.5, 0.6) is 5.75 Å². The lowest BCUT2D eigenvalue weighted by Gasteiger charge is -2.36. The van der Waals surface area contributed by atoms with Crippen LogP contribution in [0.1, 0.15) is 32.8 Å². The molecule has 0 saturated carbocycles. The SMILES string of the molecule is CC(C)(C)OC(=O)N1CCC(NC(=O)C2=CN(Cc3cccc(F)c3F)c3cccc(F)c3O2)C(F)C1. The van der Waals surface area contributed by atoms with Crippen LogP contribution in [0.2, 0.25) is 0 Å². The Morgan fingerprint density at radius 2 is 1.81 bits per heavy atom. The van der Waals surface area contributed by atoms with Crippen LogP contribution in [-0.2, 0) is 16.1 Å². The summed E-state index contributed by atoms with van der Waals surface area (Å²) in [7, 11) is 0. The van der Waals surface area contributed by atoms with Gasteiger partial charge < -0.3 is 24.6 Å². The van der Waals surface area contributed by atoms with Crippen molar-refractivity contribution in [3.8, 4) is 5.75 Å². The molecular formula is C26H27F4N3O4. The topological polar surface area (TPSA) is 71.1 Å². The fourth-order valence-corrected chi connectivity index (χ4v) is 4.06. The molecule has 37 heavy (non-hydrogen) atoms. The van der Waals surface area contributed by atoms with Crippen LogP contribution in [0.4, 0.5) is 28.0 Å². The second-order valence-corrected chi connectivity index (χ2v) is 9.84. The molecule has 2 amide bonds. The van der Waals surface area contributed by atoms with Crippen LogP contribution in [0.15, 0.2) is 48.4 Å². The van der Waals surface area contributed by atoms with E-state index in [-0.39, 0.29) is 48.8 Å². The average Bonchev–Trinajstić information content (AvgIpc) is 2.82. The van der Waals surface area contributed by atoms with Gasteiger partial charge in [0.05, 0.1) is 31.0 Å². The Balaban J connectivity index is 1.50. The van der Waals surface area contributed by atoms with Gasteiger partial charge in [0, 0.05) is 12.1 Å². The van der Waals surface area contributed by atoms with Gasteiger partial charge in [0.25, 0.3) is 5.91 Å². The van der Waals surface area contributed by atoms with Crippen molar-refractivity contribution in [1.29, 1.82) is 0 Å². The Morgan fingerprint density at radius 3 is 2.51 bits per heavy atom. The van der Waals surface area contributed by atoms with Gasteiger partial charge in [-0.15, -0.1) is 0 Å². The van der Waals surface area contributed by atoms with Gasteiger partial charge in [-0.2, -0.15) is 0 Å². The van der Waals surface area contributed by atoms with Crippen molar-refractivity contribution in [3.63, 3.8) is 0 Å². The largest absolute Gasteiger partial charge is 0.445 e. The molecule has 2 unspecified atom stereocenters. The zero-order chi connectivity index (χ0) is 26.9. The Bertz CT molecular complexity index is 1230. The van der Waals surface area contributed by atoms with Crippen LogP contribution in [-0.4, -0.2) is 47.8 Å². The monoisotopic (exact) mass is 521 g/mol. The van der Waals surface area contributed by atoms with Crippen molar-refractivity contribution in [1.82, 2.24) is 10.2 Å². The quantitative estimate of drug-likeness (QED) is 0.585. The summed E-state index contributed by atoms with van der Waals surface area (Å²) in [6.45, 7) is 4.77. The van der Waals surface area contributed by atoms with Gasteiger partial charge in [-0.25, -0.2) is 22.4 Å². The minimum Gasteiger partial charge on any atom is -0.445 e. The number of alkyl halides is 1. The molecule has 2 aliphatic heterocycles. The minimum absolute atomic E-state index is 0.0218. The standard InChI is InChI=1S/C26H27F4N3O4/c1-26(2,3)37-25(35)32-11-10-19(18(29)13-32)31-24(34)21-14-33(12-15-6-4-7-16(27)22(15)30)20-9-5-8-17(28)23(20)36-21/h4-9,14,18-19H,10-13H2,1-3H3,(H,31,34). The molecule has 11 heteroatoms. The molecule has 1 fully saturated rings. The Kier molecular flexibility index (Phi) is 7.33. The highest BCUT2D eigenvalue weighted by atomic mass is 19.2. The number of piperidine rings is 1. The second kappa shape index (κ2) is 10.3. The minimum atomic E-state index is -1.59. The molecule has 0 aliphatic carbocycles. The number of carbonyl (C=O) groups excluding carboxylic acids is 2. The number of benzene rings is 2. The maximum atomic E-state index is 14.9. The normalized spacial score (nSPS) is 19.5. The van der Waals surface area contributed by atoms with E-state index in [0.29, 0.717) is 0 Å². The van der Waals surface area contributed by atoms with Gasteiger partial charge in [-0.1, -0.05) is 18.2 Å². The van der Waals surface area contributed by atoms with Crippen molar-refractivity contribution in [2.75, 3.05) is 18.0 Å². The molecule has 4 rings (SSSR count). The summed E-state index contributed by atoms with van der Waals surface area (Å²) in [6.07, 6.45) is -0.894. The van der Waals surface area contributed by atoms with E-state index in [0.717, 1.165) is 12.1 Å². The predicted octanol–water partition coefficient (Wildman–Crippen LogP) is 4.81. The molecule has 2 heterocycles. The molecule has 7 nitrogen and oxygen atoms in total. The number of hydrogen-bond donors (Lipinski definition) is 1. The molecule has 2 aromatic rings. The maximum Gasteiger partial charge on any atom is 0.410 e. The van der Waals surface area contributed by atoms with Gasteiger partial charge in [-0.05, 0) is 45.4 Å². The van der Waals surface area contributed by atoms with E-state index < -0.39 is 47.3 Å². The molecule has 2 aromatic carbocycles. The summed E-state index contributed by atoms with van der Waals surface area (Å²) in [4.78, 5) is 27.8. The van der Waals surface area contributed by atoms with Crippen molar-refractivity contribution in [3.05, 3.63) is 71.4 Å². The molecule has 2 aliphatic rings. The first-order valence-electron chi connectivity index (χ1n) is 11.7. The van der Waals surface area contributed by atoms with Crippen molar-refractivity contribution < 1.29 is 36.6 Å². The number of hydrogen-bond acceptors (Lipinski definition) is 5. The number of halogens is 4. The van der Waals surface area contributed by atoms with Crippen LogP contribution < -0.4 is 15.0 Å². The number of carbonyl (C=O) groups is 2. The smallest absolute Gasteiger partial charge is 0.410 e. The lowest BCUT2D eigenvalue weighted by atomic mass is 10.0. The zero-order valence-corrected chi connectivity index (χ0v) is 20.6. The van der Waals surface area contributed by atoms with Crippen molar-refractivity contribution >= 4 is 17.7 Å². The third-order valence-electron chi connectivity index (χ3n) is 5.85. The molecule has 0 bridgehead atoms.